The van der Waals surface area contributed by atoms with Crippen molar-refractivity contribution in [2.75, 3.05) is 5.32 Å². The third kappa shape index (κ3) is 3.99. The van der Waals surface area contributed by atoms with Crippen LogP contribution in [0.5, 0.6) is 11.5 Å². The second-order valence-electron chi connectivity index (χ2n) is 10.2. The molecule has 1 heterocycles. The molecular weight excluding hydrogens is 402 g/mol. The molecule has 0 bridgehead atoms. The number of anilines is 1. The molecule has 1 aliphatic rings. The Bertz CT molecular complexity index is 1170. The molecule has 0 saturated carbocycles. The number of phenols is 2. The van der Waals surface area contributed by atoms with Crippen molar-refractivity contribution >= 4 is 11.6 Å². The lowest BCUT2D eigenvalue weighted by atomic mass is 9.62. The van der Waals surface area contributed by atoms with E-state index in [1.165, 1.54) is 46.9 Å². The lowest BCUT2D eigenvalue weighted by Crippen LogP contribution is -2.34. The number of hydrogen-bond acceptors (Lipinski definition) is 4. The number of phenolic OH excluding ortho intramolecular Hbond substituents is 2. The van der Waals surface area contributed by atoms with Gasteiger partial charge in [-0.3, -0.25) is 4.79 Å². The van der Waals surface area contributed by atoms with Gasteiger partial charge in [-0.2, -0.15) is 0 Å². The van der Waals surface area contributed by atoms with E-state index >= 15 is 0 Å². The fourth-order valence-electron chi connectivity index (χ4n) is 4.57. The van der Waals surface area contributed by atoms with Crippen molar-refractivity contribution in [3.8, 4) is 11.5 Å². The number of benzene rings is 2. The van der Waals surface area contributed by atoms with Crippen molar-refractivity contribution in [3.05, 3.63) is 76.2 Å². The van der Waals surface area contributed by atoms with Gasteiger partial charge in [0.05, 0.1) is 0 Å². The number of furan rings is 1. The first-order valence-corrected chi connectivity index (χ1v) is 11.0. The Kier molecular flexibility index (Phi) is 5.32. The van der Waals surface area contributed by atoms with Gasteiger partial charge in [0.25, 0.3) is 5.91 Å². The summed E-state index contributed by atoms with van der Waals surface area (Å²) < 4.78 is 5.82. The Balaban J connectivity index is 1.58. The number of fused-ring (bicyclic) bond motifs is 1. The summed E-state index contributed by atoms with van der Waals surface area (Å²) in [6.07, 6.45) is 2.92. The monoisotopic (exact) mass is 433 g/mol. The van der Waals surface area contributed by atoms with Gasteiger partial charge in [-0.25, -0.2) is 0 Å². The zero-order valence-electron chi connectivity index (χ0n) is 19.4. The van der Waals surface area contributed by atoms with Crippen LogP contribution >= 0.6 is 0 Å². The van der Waals surface area contributed by atoms with E-state index in [-0.39, 0.29) is 33.8 Å². The van der Waals surface area contributed by atoms with E-state index in [4.69, 9.17) is 4.42 Å². The summed E-state index contributed by atoms with van der Waals surface area (Å²) in [4.78, 5) is 12.6. The molecule has 0 fully saturated rings. The highest BCUT2D eigenvalue weighted by molar-refractivity contribution is 6.04. The molecule has 5 heteroatoms. The van der Waals surface area contributed by atoms with Crippen LogP contribution in [0.1, 0.15) is 79.1 Å². The van der Waals surface area contributed by atoms with Crippen LogP contribution in [-0.4, -0.2) is 16.1 Å². The maximum absolute atomic E-state index is 12.6. The zero-order chi connectivity index (χ0) is 23.3. The minimum absolute atomic E-state index is 0.0363. The van der Waals surface area contributed by atoms with E-state index in [2.05, 4.69) is 52.1 Å². The maximum Gasteiger partial charge on any atom is 0.291 e. The first-order chi connectivity index (χ1) is 15.0. The number of nitrogens with one attached hydrogen (secondary N) is 1. The highest BCUT2D eigenvalue weighted by Crippen LogP contribution is 2.46. The van der Waals surface area contributed by atoms with E-state index in [1.54, 1.807) is 12.1 Å². The minimum atomic E-state index is -0.530. The Morgan fingerprint density at radius 1 is 0.969 bits per heavy atom. The predicted molar refractivity (Wildman–Crippen MR) is 126 cm³/mol. The van der Waals surface area contributed by atoms with Gasteiger partial charge < -0.3 is 19.9 Å². The molecule has 4 rings (SSSR count). The number of aromatic hydroxyl groups is 2. The Morgan fingerprint density at radius 3 is 2.19 bits per heavy atom. The van der Waals surface area contributed by atoms with Gasteiger partial charge in [-0.15, -0.1) is 0 Å². The maximum atomic E-state index is 12.6. The number of carbonyl (C=O) groups is 1. The average molecular weight is 434 g/mol. The second-order valence-corrected chi connectivity index (χ2v) is 10.2. The quantitative estimate of drug-likeness (QED) is 0.428. The van der Waals surface area contributed by atoms with Crippen LogP contribution < -0.4 is 5.32 Å². The fourth-order valence-corrected chi connectivity index (χ4v) is 4.57. The lowest BCUT2D eigenvalue weighted by molar-refractivity contribution is 0.0994. The summed E-state index contributed by atoms with van der Waals surface area (Å²) in [5.74, 6) is -0.133. The van der Waals surface area contributed by atoms with Crippen LogP contribution in [0, 0.1) is 6.92 Å². The van der Waals surface area contributed by atoms with Crippen molar-refractivity contribution in [2.24, 2.45) is 0 Å². The molecule has 5 nitrogen and oxygen atoms in total. The molecule has 168 valence electrons. The van der Waals surface area contributed by atoms with Crippen LogP contribution in [0.25, 0.3) is 0 Å². The Morgan fingerprint density at radius 2 is 1.56 bits per heavy atom. The van der Waals surface area contributed by atoms with Crippen molar-refractivity contribution in [1.82, 2.24) is 0 Å². The van der Waals surface area contributed by atoms with Gasteiger partial charge in [0.15, 0.2) is 5.76 Å². The molecule has 0 saturated heterocycles. The summed E-state index contributed by atoms with van der Waals surface area (Å²) in [5.41, 5.74) is 5.49. The van der Waals surface area contributed by atoms with Crippen molar-refractivity contribution in [2.45, 2.75) is 64.7 Å². The summed E-state index contributed by atoms with van der Waals surface area (Å²) in [5, 5.41) is 22.3. The zero-order valence-corrected chi connectivity index (χ0v) is 19.4. The summed E-state index contributed by atoms with van der Waals surface area (Å²) >= 11 is 0. The van der Waals surface area contributed by atoms with Crippen molar-refractivity contribution in [1.29, 1.82) is 0 Å². The number of para-hydroxylation sites is 1. The number of rotatable bonds is 4. The van der Waals surface area contributed by atoms with E-state index < -0.39 is 5.91 Å². The summed E-state index contributed by atoms with van der Waals surface area (Å²) in [6.45, 7) is 11.4. The van der Waals surface area contributed by atoms with Gasteiger partial charge in [0, 0.05) is 6.42 Å². The molecule has 0 radical (unpaired) electrons. The van der Waals surface area contributed by atoms with Gasteiger partial charge >= 0.3 is 0 Å². The lowest BCUT2D eigenvalue weighted by Gasteiger charge is -2.42. The fraction of sp³-hybridized carbons (Fsp3) is 0.370. The molecule has 0 spiro atoms. The van der Waals surface area contributed by atoms with Gasteiger partial charge in [-0.1, -0.05) is 45.9 Å². The first-order valence-electron chi connectivity index (χ1n) is 11.0. The molecule has 2 aromatic carbocycles. The second kappa shape index (κ2) is 7.73. The van der Waals surface area contributed by atoms with Gasteiger partial charge in [0.1, 0.15) is 22.9 Å². The highest BCUT2D eigenvalue weighted by Gasteiger charge is 2.37. The third-order valence-electron chi connectivity index (χ3n) is 6.82. The molecule has 3 N–H and O–H groups in total. The summed E-state index contributed by atoms with van der Waals surface area (Å²) in [6, 6.07) is 12.3. The molecule has 0 atom stereocenters. The Hall–Kier alpha value is -3.21. The largest absolute Gasteiger partial charge is 0.506 e. The molecule has 0 unspecified atom stereocenters. The first kappa shape index (κ1) is 22.0. The molecule has 1 aliphatic carbocycles. The SMILES string of the molecule is Cc1cc2c(cc1Cc1ccc(C(=O)Nc3c(O)cccc3O)o1)C(C)(C)CCC2(C)C. The predicted octanol–water partition coefficient (Wildman–Crippen LogP) is 6.19. The normalized spacial score (nSPS) is 16.4. The van der Waals surface area contributed by atoms with Crippen LogP contribution in [-0.2, 0) is 17.3 Å². The number of hydrogen-bond donors (Lipinski definition) is 3. The molecule has 3 aromatic rings. The topological polar surface area (TPSA) is 82.7 Å². The molecule has 1 amide bonds. The minimum Gasteiger partial charge on any atom is -0.506 e. The molecule has 1 aromatic heterocycles. The average Bonchev–Trinajstić information content (AvgIpc) is 3.18. The molecule has 0 aliphatic heterocycles. The number of aryl methyl sites for hydroxylation is 1. The van der Waals surface area contributed by atoms with Crippen molar-refractivity contribution < 1.29 is 19.4 Å². The van der Waals surface area contributed by atoms with Crippen LogP contribution in [0.15, 0.2) is 46.9 Å². The van der Waals surface area contributed by atoms with E-state index in [9.17, 15) is 15.0 Å². The van der Waals surface area contributed by atoms with E-state index in [1.807, 2.05) is 0 Å². The van der Waals surface area contributed by atoms with Crippen LogP contribution in [0.4, 0.5) is 5.69 Å². The molecule has 32 heavy (non-hydrogen) atoms. The van der Waals surface area contributed by atoms with Crippen LogP contribution in [0.3, 0.4) is 0 Å². The van der Waals surface area contributed by atoms with Crippen molar-refractivity contribution in [3.63, 3.8) is 0 Å². The number of carbonyl (C=O) groups excluding carboxylic acids is 1. The van der Waals surface area contributed by atoms with Gasteiger partial charge in [0.2, 0.25) is 0 Å². The standard InChI is InChI=1S/C27H31NO4/c1-16-13-19-20(27(4,5)12-11-26(19,2)3)15-17(16)14-18-9-10-23(32-18)25(31)28-24-21(29)7-6-8-22(24)30/h6-10,13,15,29-30H,11-12,14H2,1-5H3,(H,28,31). The third-order valence-corrected chi connectivity index (χ3v) is 6.82. The molecular formula is C27H31NO4. The Labute approximate surface area is 189 Å². The summed E-state index contributed by atoms with van der Waals surface area (Å²) in [7, 11) is 0. The smallest absolute Gasteiger partial charge is 0.291 e. The number of amides is 1. The van der Waals surface area contributed by atoms with Gasteiger partial charge in [-0.05, 0) is 77.1 Å². The van der Waals surface area contributed by atoms with E-state index in [0.29, 0.717) is 12.2 Å². The van der Waals surface area contributed by atoms with Crippen LogP contribution in [0.2, 0.25) is 0 Å². The highest BCUT2D eigenvalue weighted by atomic mass is 16.4. The van der Waals surface area contributed by atoms with E-state index in [0.717, 1.165) is 6.42 Å².